The Morgan fingerprint density at radius 1 is 1.45 bits per heavy atom. The fourth-order valence-electron chi connectivity index (χ4n) is 1.87. The van der Waals surface area contributed by atoms with Crippen LogP contribution in [0.3, 0.4) is 0 Å². The van der Waals surface area contributed by atoms with Crippen LogP contribution in [0.15, 0.2) is 4.79 Å². The molecule has 0 radical (unpaired) electrons. The smallest absolute Gasteiger partial charge is 0.318 e. The molecule has 2 heterocycles. The summed E-state index contributed by atoms with van der Waals surface area (Å²) in [5.74, 6) is 0.389. The summed E-state index contributed by atoms with van der Waals surface area (Å²) >= 11 is 2.74. The topological polar surface area (TPSA) is 118 Å². The zero-order valence-electron chi connectivity index (χ0n) is 12.4. The lowest BCUT2D eigenvalue weighted by Crippen LogP contribution is -2.39. The van der Waals surface area contributed by atoms with Crippen LogP contribution in [-0.2, 0) is 10.5 Å². The lowest BCUT2D eigenvalue weighted by atomic mass is 10.2. The molecule has 0 bridgehead atoms. The number of primary amides is 1. The molecule has 2 rings (SSSR count). The predicted octanol–water partition coefficient (Wildman–Crippen LogP) is 1.42. The molecule has 0 aromatic carbocycles. The number of H-pyrrole nitrogens is 1. The van der Waals surface area contributed by atoms with Gasteiger partial charge < -0.3 is 10.7 Å². The zero-order chi connectivity index (χ0) is 16.4. The van der Waals surface area contributed by atoms with Crippen molar-refractivity contribution in [2.75, 3.05) is 0 Å². The summed E-state index contributed by atoms with van der Waals surface area (Å²) in [6.07, 6.45) is 0. The van der Waals surface area contributed by atoms with Gasteiger partial charge in [-0.1, -0.05) is 0 Å². The molecule has 4 N–H and O–H groups in total. The SMILES string of the molecule is Cc1sc2nc(CS[C@H](C)C(=O)NC(N)=O)[nH]c(=O)c2c1C. The van der Waals surface area contributed by atoms with E-state index in [0.29, 0.717) is 21.8 Å². The fourth-order valence-corrected chi connectivity index (χ4v) is 3.67. The highest BCUT2D eigenvalue weighted by Crippen LogP contribution is 2.26. The van der Waals surface area contributed by atoms with Gasteiger partial charge in [-0.3, -0.25) is 14.9 Å². The number of urea groups is 1. The highest BCUT2D eigenvalue weighted by atomic mass is 32.2. The second-order valence-corrected chi connectivity index (χ2v) is 7.32. The monoisotopic (exact) mass is 340 g/mol. The number of nitrogens with two attached hydrogens (primary N) is 1. The molecule has 1 atom stereocenters. The average Bonchev–Trinajstić information content (AvgIpc) is 2.70. The zero-order valence-corrected chi connectivity index (χ0v) is 14.0. The summed E-state index contributed by atoms with van der Waals surface area (Å²) in [6, 6.07) is -0.880. The molecule has 0 aliphatic rings. The van der Waals surface area contributed by atoms with Gasteiger partial charge in [0.25, 0.3) is 5.56 Å². The number of aromatic amines is 1. The Labute approximate surface area is 134 Å². The number of hydrogen-bond acceptors (Lipinski definition) is 6. The molecule has 3 amide bonds. The van der Waals surface area contributed by atoms with E-state index < -0.39 is 17.2 Å². The minimum absolute atomic E-state index is 0.170. The molecule has 0 spiro atoms. The molecule has 7 nitrogen and oxygen atoms in total. The van der Waals surface area contributed by atoms with Crippen LogP contribution in [0.25, 0.3) is 10.2 Å². The summed E-state index contributed by atoms with van der Waals surface area (Å²) in [5, 5.41) is 2.15. The molecule has 9 heteroatoms. The van der Waals surface area contributed by atoms with Gasteiger partial charge in [0.1, 0.15) is 10.7 Å². The third kappa shape index (κ3) is 3.47. The van der Waals surface area contributed by atoms with Gasteiger partial charge in [-0.05, 0) is 26.3 Å². The molecule has 2 aromatic heterocycles. The van der Waals surface area contributed by atoms with E-state index in [4.69, 9.17) is 5.73 Å². The van der Waals surface area contributed by atoms with Gasteiger partial charge >= 0.3 is 6.03 Å². The van der Waals surface area contributed by atoms with Crippen molar-refractivity contribution in [3.8, 4) is 0 Å². The first kappa shape index (κ1) is 16.5. The second kappa shape index (κ2) is 6.49. The van der Waals surface area contributed by atoms with Gasteiger partial charge in [-0.15, -0.1) is 23.1 Å². The van der Waals surface area contributed by atoms with Gasteiger partial charge in [-0.2, -0.15) is 0 Å². The van der Waals surface area contributed by atoms with E-state index in [-0.39, 0.29) is 5.56 Å². The van der Waals surface area contributed by atoms with Crippen molar-refractivity contribution in [3.05, 3.63) is 26.6 Å². The highest BCUT2D eigenvalue weighted by molar-refractivity contribution is 7.99. The summed E-state index contributed by atoms with van der Waals surface area (Å²) < 4.78 is 0. The van der Waals surface area contributed by atoms with E-state index in [9.17, 15) is 14.4 Å². The van der Waals surface area contributed by atoms with Gasteiger partial charge in [0, 0.05) is 4.88 Å². The molecule has 22 heavy (non-hydrogen) atoms. The van der Waals surface area contributed by atoms with Crippen LogP contribution in [0.4, 0.5) is 4.79 Å². The molecule has 0 aliphatic carbocycles. The predicted molar refractivity (Wildman–Crippen MR) is 88.2 cm³/mol. The van der Waals surface area contributed by atoms with Crippen LogP contribution in [0.5, 0.6) is 0 Å². The molecular formula is C13H16N4O3S2. The number of thioether (sulfide) groups is 1. The lowest BCUT2D eigenvalue weighted by molar-refractivity contribution is -0.119. The van der Waals surface area contributed by atoms with E-state index in [2.05, 4.69) is 9.97 Å². The number of nitrogens with one attached hydrogen (secondary N) is 2. The van der Waals surface area contributed by atoms with Crippen LogP contribution in [0.2, 0.25) is 0 Å². The summed E-state index contributed by atoms with van der Waals surface area (Å²) in [4.78, 5) is 43.3. The second-order valence-electron chi connectivity index (χ2n) is 4.78. The van der Waals surface area contributed by atoms with Crippen molar-refractivity contribution in [2.24, 2.45) is 5.73 Å². The standard InChI is InChI=1S/C13H16N4O3S2/c1-5-6(2)22-12-9(5)11(19)15-8(16-12)4-21-7(3)10(18)17-13(14)20/h7H,4H2,1-3H3,(H,15,16,19)(H3,14,17,18,20)/t7-/m1/s1. The normalized spacial score (nSPS) is 12.3. The molecule has 0 fully saturated rings. The van der Waals surface area contributed by atoms with Crippen LogP contribution < -0.4 is 16.6 Å². The maximum Gasteiger partial charge on any atom is 0.318 e. The van der Waals surface area contributed by atoms with Crippen molar-refractivity contribution in [1.82, 2.24) is 15.3 Å². The number of carbonyl (C=O) groups is 2. The lowest BCUT2D eigenvalue weighted by Gasteiger charge is -2.09. The number of fused-ring (bicyclic) bond motifs is 1. The van der Waals surface area contributed by atoms with Crippen LogP contribution in [0, 0.1) is 13.8 Å². The van der Waals surface area contributed by atoms with Crippen molar-refractivity contribution in [2.45, 2.75) is 31.8 Å². The summed E-state index contributed by atoms with van der Waals surface area (Å²) in [7, 11) is 0. The number of carbonyl (C=O) groups excluding carboxylic acids is 2. The molecule has 0 saturated carbocycles. The van der Waals surface area contributed by atoms with Gasteiger partial charge in [0.05, 0.1) is 16.4 Å². The van der Waals surface area contributed by atoms with E-state index in [1.807, 2.05) is 19.2 Å². The first-order chi connectivity index (χ1) is 10.3. The first-order valence-electron chi connectivity index (χ1n) is 6.50. The van der Waals surface area contributed by atoms with Crippen molar-refractivity contribution in [1.29, 1.82) is 0 Å². The van der Waals surface area contributed by atoms with E-state index >= 15 is 0 Å². The third-order valence-corrected chi connectivity index (χ3v) is 5.43. The Kier molecular flexibility index (Phi) is 4.87. The number of nitrogens with zero attached hydrogens (tertiary/aromatic N) is 1. The summed E-state index contributed by atoms with van der Waals surface area (Å²) in [6.45, 7) is 5.50. The van der Waals surface area contributed by atoms with Crippen LogP contribution >= 0.6 is 23.1 Å². The molecule has 0 aliphatic heterocycles. The van der Waals surface area contributed by atoms with Gasteiger partial charge in [0.15, 0.2) is 0 Å². The molecular weight excluding hydrogens is 324 g/mol. The molecule has 2 aromatic rings. The molecule has 0 saturated heterocycles. The number of imide groups is 1. The molecule has 118 valence electrons. The van der Waals surface area contributed by atoms with E-state index in [1.165, 1.54) is 23.1 Å². The average molecular weight is 340 g/mol. The molecule has 0 unspecified atom stereocenters. The van der Waals surface area contributed by atoms with Crippen LogP contribution in [-0.4, -0.2) is 27.2 Å². The highest BCUT2D eigenvalue weighted by Gasteiger charge is 2.17. The number of aromatic nitrogens is 2. The van der Waals surface area contributed by atoms with Crippen molar-refractivity contribution >= 4 is 45.3 Å². The van der Waals surface area contributed by atoms with E-state index in [1.54, 1.807) is 6.92 Å². The Balaban J connectivity index is 2.14. The Morgan fingerprint density at radius 3 is 2.77 bits per heavy atom. The largest absolute Gasteiger partial charge is 0.351 e. The maximum atomic E-state index is 12.1. The maximum absolute atomic E-state index is 12.1. The summed E-state index contributed by atoms with van der Waals surface area (Å²) in [5.41, 5.74) is 5.68. The Morgan fingerprint density at radius 2 is 2.14 bits per heavy atom. The quantitative estimate of drug-likeness (QED) is 0.778. The number of hydrogen-bond donors (Lipinski definition) is 3. The fraction of sp³-hybridized carbons (Fsp3) is 0.385. The van der Waals surface area contributed by atoms with Crippen LogP contribution in [0.1, 0.15) is 23.2 Å². The minimum Gasteiger partial charge on any atom is -0.351 e. The number of aryl methyl sites for hydroxylation is 2. The van der Waals surface area contributed by atoms with Crippen molar-refractivity contribution < 1.29 is 9.59 Å². The number of thiophene rings is 1. The Bertz CT molecular complexity index is 796. The number of amides is 3. The van der Waals surface area contributed by atoms with Gasteiger partial charge in [-0.25, -0.2) is 9.78 Å². The van der Waals surface area contributed by atoms with Crippen molar-refractivity contribution in [3.63, 3.8) is 0 Å². The Hall–Kier alpha value is -1.87. The van der Waals surface area contributed by atoms with E-state index in [0.717, 1.165) is 10.4 Å². The number of rotatable bonds is 4. The first-order valence-corrected chi connectivity index (χ1v) is 8.37. The van der Waals surface area contributed by atoms with Gasteiger partial charge in [0.2, 0.25) is 5.91 Å². The minimum atomic E-state index is -0.880. The third-order valence-electron chi connectivity index (χ3n) is 3.17.